The first-order chi connectivity index (χ1) is 10.7. The predicted molar refractivity (Wildman–Crippen MR) is 86.9 cm³/mol. The largest absolute Gasteiger partial charge is 0.497 e. The Morgan fingerprint density at radius 2 is 1.91 bits per heavy atom. The molecule has 2 aromatic carbocycles. The van der Waals surface area contributed by atoms with E-state index in [0.29, 0.717) is 0 Å². The van der Waals surface area contributed by atoms with E-state index in [-0.39, 0.29) is 6.04 Å². The molecule has 1 aliphatic heterocycles. The van der Waals surface area contributed by atoms with Gasteiger partial charge in [0.15, 0.2) is 0 Å². The van der Waals surface area contributed by atoms with Crippen molar-refractivity contribution in [1.29, 1.82) is 5.26 Å². The summed E-state index contributed by atoms with van der Waals surface area (Å²) in [4.78, 5) is 2.13. The molecule has 112 valence electrons. The maximum Gasteiger partial charge on any atom is 0.123 e. The molecule has 2 aromatic rings. The molecule has 0 saturated heterocycles. The number of nitriles is 1. The highest BCUT2D eigenvalue weighted by Gasteiger charge is 2.22. The molecule has 3 rings (SSSR count). The SMILES string of the molecule is COc1ccc2c(c1)Cc1ccccc1CCN(C)C2C#N. The summed E-state index contributed by atoms with van der Waals surface area (Å²) < 4.78 is 5.37. The van der Waals surface area contributed by atoms with Gasteiger partial charge in [-0.05, 0) is 54.3 Å². The highest BCUT2D eigenvalue weighted by atomic mass is 16.5. The zero-order valence-electron chi connectivity index (χ0n) is 13.0. The molecular weight excluding hydrogens is 272 g/mol. The van der Waals surface area contributed by atoms with Gasteiger partial charge < -0.3 is 4.74 Å². The quantitative estimate of drug-likeness (QED) is 0.809. The molecule has 0 amide bonds. The number of rotatable bonds is 1. The number of ether oxygens (including phenoxy) is 1. The molecule has 3 nitrogen and oxygen atoms in total. The van der Waals surface area contributed by atoms with Gasteiger partial charge in [0.05, 0.1) is 13.2 Å². The Hall–Kier alpha value is -2.31. The van der Waals surface area contributed by atoms with E-state index in [9.17, 15) is 5.26 Å². The van der Waals surface area contributed by atoms with Crippen LogP contribution in [0.5, 0.6) is 5.75 Å². The van der Waals surface area contributed by atoms with Gasteiger partial charge in [-0.1, -0.05) is 30.3 Å². The average molecular weight is 292 g/mol. The van der Waals surface area contributed by atoms with E-state index in [2.05, 4.69) is 41.3 Å². The van der Waals surface area contributed by atoms with Gasteiger partial charge in [-0.15, -0.1) is 0 Å². The number of methoxy groups -OCH3 is 1. The van der Waals surface area contributed by atoms with E-state index in [1.54, 1.807) is 7.11 Å². The van der Waals surface area contributed by atoms with Gasteiger partial charge in [-0.3, -0.25) is 4.90 Å². The molecule has 1 aliphatic rings. The van der Waals surface area contributed by atoms with Gasteiger partial charge in [-0.25, -0.2) is 0 Å². The van der Waals surface area contributed by atoms with E-state index < -0.39 is 0 Å². The van der Waals surface area contributed by atoms with Crippen LogP contribution in [-0.2, 0) is 12.8 Å². The fourth-order valence-electron chi connectivity index (χ4n) is 3.14. The average Bonchev–Trinajstić information content (AvgIpc) is 2.60. The maximum absolute atomic E-state index is 9.64. The third-order valence-corrected chi connectivity index (χ3v) is 4.44. The third-order valence-electron chi connectivity index (χ3n) is 4.44. The van der Waals surface area contributed by atoms with Crippen molar-refractivity contribution in [2.45, 2.75) is 18.9 Å². The number of hydrogen-bond donors (Lipinski definition) is 0. The zero-order chi connectivity index (χ0) is 15.5. The van der Waals surface area contributed by atoms with Gasteiger partial charge >= 0.3 is 0 Å². The zero-order valence-corrected chi connectivity index (χ0v) is 13.0. The second-order valence-corrected chi connectivity index (χ2v) is 5.77. The Labute approximate surface area is 131 Å². The monoisotopic (exact) mass is 292 g/mol. The molecule has 0 aliphatic carbocycles. The number of hydrogen-bond acceptors (Lipinski definition) is 3. The van der Waals surface area contributed by atoms with Crippen LogP contribution in [0.4, 0.5) is 0 Å². The number of nitrogens with zero attached hydrogens (tertiary/aromatic N) is 2. The van der Waals surface area contributed by atoms with Gasteiger partial charge in [0.2, 0.25) is 0 Å². The molecule has 0 saturated carbocycles. The lowest BCUT2D eigenvalue weighted by molar-refractivity contribution is 0.295. The molecular formula is C19H20N2O. The Bertz CT molecular complexity index is 718. The van der Waals surface area contributed by atoms with Crippen molar-refractivity contribution in [3.05, 3.63) is 64.7 Å². The number of fused-ring (bicyclic) bond motifs is 2. The first-order valence-electron chi connectivity index (χ1n) is 7.56. The summed E-state index contributed by atoms with van der Waals surface area (Å²) in [5.41, 5.74) is 4.96. The van der Waals surface area contributed by atoms with Crippen molar-refractivity contribution in [2.24, 2.45) is 0 Å². The first-order valence-corrected chi connectivity index (χ1v) is 7.56. The fraction of sp³-hybridized carbons (Fsp3) is 0.316. The summed E-state index contributed by atoms with van der Waals surface area (Å²) in [5.74, 6) is 0.842. The molecule has 22 heavy (non-hydrogen) atoms. The molecule has 0 fully saturated rings. The predicted octanol–water partition coefficient (Wildman–Crippen LogP) is 3.34. The van der Waals surface area contributed by atoms with E-state index in [0.717, 1.165) is 30.7 Å². The highest BCUT2D eigenvalue weighted by molar-refractivity contribution is 5.44. The first kappa shape index (κ1) is 14.6. The van der Waals surface area contributed by atoms with Crippen LogP contribution in [0.2, 0.25) is 0 Å². The standard InChI is InChI=1S/C19H20N2O/c1-21-10-9-14-5-3-4-6-15(14)11-16-12-17(22-2)7-8-18(16)19(21)13-20/h3-8,12,19H,9-11H2,1-2H3. The van der Waals surface area contributed by atoms with Gasteiger partial charge in [0.1, 0.15) is 11.8 Å². The minimum atomic E-state index is -0.213. The van der Waals surface area contributed by atoms with Crippen LogP contribution in [0, 0.1) is 11.3 Å². The Morgan fingerprint density at radius 1 is 1.14 bits per heavy atom. The van der Waals surface area contributed by atoms with E-state index in [1.165, 1.54) is 16.7 Å². The fourth-order valence-corrected chi connectivity index (χ4v) is 3.14. The van der Waals surface area contributed by atoms with Gasteiger partial charge in [0.25, 0.3) is 0 Å². The number of likely N-dealkylation sites (N-methyl/N-ethyl adjacent to an activating group) is 1. The molecule has 0 aromatic heterocycles. The minimum Gasteiger partial charge on any atom is -0.497 e. The van der Waals surface area contributed by atoms with Crippen LogP contribution in [0.15, 0.2) is 42.5 Å². The molecule has 1 atom stereocenters. The third kappa shape index (κ3) is 2.70. The van der Waals surface area contributed by atoms with Crippen LogP contribution in [0.3, 0.4) is 0 Å². The normalized spacial score (nSPS) is 18.1. The highest BCUT2D eigenvalue weighted by Crippen LogP contribution is 2.30. The van der Waals surface area contributed by atoms with Crippen LogP contribution < -0.4 is 4.74 Å². The van der Waals surface area contributed by atoms with Crippen LogP contribution in [0.25, 0.3) is 0 Å². The minimum absolute atomic E-state index is 0.213. The van der Waals surface area contributed by atoms with Crippen LogP contribution in [0.1, 0.15) is 28.3 Å². The van der Waals surface area contributed by atoms with Crippen molar-refractivity contribution in [2.75, 3.05) is 20.7 Å². The topological polar surface area (TPSA) is 36.3 Å². The Balaban J connectivity index is 2.15. The molecule has 0 N–H and O–H groups in total. The molecule has 1 unspecified atom stereocenters. The molecule has 0 radical (unpaired) electrons. The van der Waals surface area contributed by atoms with E-state index >= 15 is 0 Å². The van der Waals surface area contributed by atoms with Crippen molar-refractivity contribution in [3.63, 3.8) is 0 Å². The van der Waals surface area contributed by atoms with Crippen molar-refractivity contribution < 1.29 is 4.74 Å². The smallest absolute Gasteiger partial charge is 0.123 e. The van der Waals surface area contributed by atoms with E-state index in [1.807, 2.05) is 19.2 Å². The Kier molecular flexibility index (Phi) is 4.13. The van der Waals surface area contributed by atoms with Crippen LogP contribution in [-0.4, -0.2) is 25.6 Å². The summed E-state index contributed by atoms with van der Waals surface area (Å²) in [6.07, 6.45) is 1.81. The van der Waals surface area contributed by atoms with Crippen molar-refractivity contribution in [3.8, 4) is 11.8 Å². The maximum atomic E-state index is 9.64. The van der Waals surface area contributed by atoms with Gasteiger partial charge in [0, 0.05) is 6.54 Å². The Morgan fingerprint density at radius 3 is 2.64 bits per heavy atom. The molecule has 0 bridgehead atoms. The molecule has 0 spiro atoms. The van der Waals surface area contributed by atoms with Crippen molar-refractivity contribution in [1.82, 2.24) is 4.90 Å². The number of benzene rings is 2. The summed E-state index contributed by atoms with van der Waals surface area (Å²) in [7, 11) is 3.70. The second kappa shape index (κ2) is 6.21. The summed E-state index contributed by atoms with van der Waals surface area (Å²) in [6.45, 7) is 0.876. The summed E-state index contributed by atoms with van der Waals surface area (Å²) in [6, 6.07) is 16.8. The second-order valence-electron chi connectivity index (χ2n) is 5.77. The van der Waals surface area contributed by atoms with E-state index in [4.69, 9.17) is 4.74 Å². The summed E-state index contributed by atoms with van der Waals surface area (Å²) >= 11 is 0. The lowest BCUT2D eigenvalue weighted by atomic mass is 9.93. The molecule has 1 heterocycles. The summed E-state index contributed by atoms with van der Waals surface area (Å²) in [5, 5.41) is 9.64. The molecule has 3 heteroatoms. The van der Waals surface area contributed by atoms with Crippen LogP contribution >= 0.6 is 0 Å². The van der Waals surface area contributed by atoms with Crippen molar-refractivity contribution >= 4 is 0 Å². The van der Waals surface area contributed by atoms with Gasteiger partial charge in [-0.2, -0.15) is 5.26 Å². The lowest BCUT2D eigenvalue weighted by Gasteiger charge is -2.23. The lowest BCUT2D eigenvalue weighted by Crippen LogP contribution is -2.26.